The largest absolute Gasteiger partial charge is 0.497 e. The van der Waals surface area contributed by atoms with Gasteiger partial charge in [-0.25, -0.2) is 4.98 Å². The first-order valence-corrected chi connectivity index (χ1v) is 6.39. The number of hydrogen-bond acceptors (Lipinski definition) is 4. The van der Waals surface area contributed by atoms with Crippen LogP contribution in [0.2, 0.25) is 0 Å². The second kappa shape index (κ2) is 4.90. The molecule has 4 heteroatoms. The number of nitrogens with one attached hydrogen (secondary N) is 1. The topological polar surface area (TPSA) is 60.2 Å². The van der Waals surface area contributed by atoms with E-state index in [0.717, 1.165) is 23.7 Å². The van der Waals surface area contributed by atoms with Crippen molar-refractivity contribution in [3.63, 3.8) is 0 Å². The molecular formula is C15H17N3O. The Bertz CT molecular complexity index is 568. The van der Waals surface area contributed by atoms with Crippen LogP contribution in [0.15, 0.2) is 42.6 Å². The Labute approximate surface area is 112 Å². The Morgan fingerprint density at radius 2 is 2.16 bits per heavy atom. The number of hydrogen-bond donors (Lipinski definition) is 2. The summed E-state index contributed by atoms with van der Waals surface area (Å²) in [7, 11) is 1.66. The second-order valence-corrected chi connectivity index (χ2v) is 4.84. The van der Waals surface area contributed by atoms with Crippen molar-refractivity contribution < 1.29 is 4.74 Å². The molecule has 1 saturated carbocycles. The van der Waals surface area contributed by atoms with Crippen molar-refractivity contribution in [3.8, 4) is 5.75 Å². The quantitative estimate of drug-likeness (QED) is 0.881. The second-order valence-electron chi connectivity index (χ2n) is 4.84. The third-order valence-electron chi connectivity index (χ3n) is 3.40. The van der Waals surface area contributed by atoms with E-state index in [0.29, 0.717) is 12.0 Å². The molecular weight excluding hydrogens is 238 g/mol. The summed E-state index contributed by atoms with van der Waals surface area (Å²) in [5.41, 5.74) is 8.02. The molecule has 0 unspecified atom stereocenters. The number of aromatic nitrogens is 1. The number of nitrogens with zero attached hydrogens (tertiary/aromatic N) is 1. The average Bonchev–Trinajstić information content (AvgIpc) is 3.17. The summed E-state index contributed by atoms with van der Waals surface area (Å²) in [5, 5.41) is 3.25. The van der Waals surface area contributed by atoms with Gasteiger partial charge in [-0.1, -0.05) is 12.1 Å². The Morgan fingerprint density at radius 3 is 2.79 bits per heavy atom. The predicted octanol–water partition coefficient (Wildman–Crippen LogP) is 2.65. The molecule has 1 aromatic carbocycles. The van der Waals surface area contributed by atoms with Crippen molar-refractivity contribution in [1.82, 2.24) is 4.98 Å². The van der Waals surface area contributed by atoms with Crippen LogP contribution in [0.4, 0.5) is 11.5 Å². The minimum absolute atomic E-state index is 0.319. The first kappa shape index (κ1) is 12.0. The monoisotopic (exact) mass is 255 g/mol. The Hall–Kier alpha value is -2.07. The lowest BCUT2D eigenvalue weighted by atomic mass is 10.2. The van der Waals surface area contributed by atoms with Gasteiger partial charge in [0.15, 0.2) is 0 Å². The molecule has 19 heavy (non-hydrogen) atoms. The van der Waals surface area contributed by atoms with E-state index in [-0.39, 0.29) is 0 Å². The molecule has 0 saturated heterocycles. The van der Waals surface area contributed by atoms with Gasteiger partial charge in [-0.15, -0.1) is 0 Å². The van der Waals surface area contributed by atoms with Crippen LogP contribution in [0.1, 0.15) is 17.9 Å². The van der Waals surface area contributed by atoms with Crippen LogP contribution < -0.4 is 15.8 Å². The minimum atomic E-state index is 0.319. The number of methoxy groups -OCH3 is 1. The van der Waals surface area contributed by atoms with Crippen molar-refractivity contribution in [2.45, 2.75) is 18.4 Å². The maximum absolute atomic E-state index is 5.83. The fourth-order valence-electron chi connectivity index (χ4n) is 2.15. The van der Waals surface area contributed by atoms with Gasteiger partial charge in [0.1, 0.15) is 11.6 Å². The molecule has 1 fully saturated rings. The van der Waals surface area contributed by atoms with E-state index >= 15 is 0 Å². The van der Waals surface area contributed by atoms with E-state index in [2.05, 4.69) is 16.4 Å². The number of pyridine rings is 1. The van der Waals surface area contributed by atoms with E-state index in [4.69, 9.17) is 10.5 Å². The smallest absolute Gasteiger partial charge is 0.130 e. The maximum Gasteiger partial charge on any atom is 0.130 e. The molecule has 3 N–H and O–H groups in total. The fourth-order valence-corrected chi connectivity index (χ4v) is 2.15. The molecule has 1 heterocycles. The number of nitrogens with two attached hydrogens (primary N) is 1. The Balaban J connectivity index is 1.72. The van der Waals surface area contributed by atoms with Gasteiger partial charge in [-0.3, -0.25) is 0 Å². The van der Waals surface area contributed by atoms with Gasteiger partial charge in [-0.05, 0) is 30.2 Å². The lowest BCUT2D eigenvalue weighted by Gasteiger charge is -2.08. The molecule has 2 aromatic rings. The van der Waals surface area contributed by atoms with Gasteiger partial charge in [-0.2, -0.15) is 0 Å². The molecule has 0 radical (unpaired) electrons. The van der Waals surface area contributed by atoms with E-state index in [1.807, 2.05) is 36.5 Å². The standard InChI is InChI=1S/C15H17N3O/c1-19-12-4-2-3-11(7-12)18-15-6-5-10(9-17-15)13-8-14(13)16/h2-7,9,13-14H,8,16H2,1H3,(H,17,18)/t13-,14+/m1/s1. The van der Waals surface area contributed by atoms with E-state index in [1.54, 1.807) is 7.11 Å². The van der Waals surface area contributed by atoms with Crippen molar-refractivity contribution >= 4 is 11.5 Å². The highest BCUT2D eigenvalue weighted by molar-refractivity contribution is 5.58. The van der Waals surface area contributed by atoms with E-state index < -0.39 is 0 Å². The Morgan fingerprint density at radius 1 is 1.32 bits per heavy atom. The van der Waals surface area contributed by atoms with E-state index in [1.165, 1.54) is 5.56 Å². The van der Waals surface area contributed by atoms with Crippen molar-refractivity contribution in [3.05, 3.63) is 48.2 Å². The highest BCUT2D eigenvalue weighted by atomic mass is 16.5. The van der Waals surface area contributed by atoms with Crippen molar-refractivity contribution in [2.24, 2.45) is 5.73 Å². The highest BCUT2D eigenvalue weighted by Crippen LogP contribution is 2.38. The zero-order valence-electron chi connectivity index (χ0n) is 10.8. The summed E-state index contributed by atoms with van der Waals surface area (Å²) in [6.07, 6.45) is 2.98. The molecule has 3 rings (SSSR count). The molecule has 1 aliphatic rings. The highest BCUT2D eigenvalue weighted by Gasteiger charge is 2.34. The average molecular weight is 255 g/mol. The summed E-state index contributed by atoms with van der Waals surface area (Å²) in [4.78, 5) is 4.42. The SMILES string of the molecule is COc1cccc(Nc2ccc([C@H]3C[C@@H]3N)cn2)c1. The molecule has 1 aromatic heterocycles. The third kappa shape index (κ3) is 2.69. The first-order chi connectivity index (χ1) is 9.26. The van der Waals surface area contributed by atoms with Gasteiger partial charge in [0.2, 0.25) is 0 Å². The van der Waals surface area contributed by atoms with Crippen LogP contribution in [0, 0.1) is 0 Å². The van der Waals surface area contributed by atoms with Crippen LogP contribution in [0.25, 0.3) is 0 Å². The molecule has 0 aliphatic heterocycles. The number of rotatable bonds is 4. The molecule has 0 bridgehead atoms. The van der Waals surface area contributed by atoms with Crippen LogP contribution in [0.5, 0.6) is 5.75 Å². The molecule has 98 valence electrons. The maximum atomic E-state index is 5.83. The molecule has 2 atom stereocenters. The van der Waals surface area contributed by atoms with Crippen molar-refractivity contribution in [1.29, 1.82) is 0 Å². The third-order valence-corrected chi connectivity index (χ3v) is 3.40. The lowest BCUT2D eigenvalue weighted by Crippen LogP contribution is -2.01. The molecule has 0 spiro atoms. The van der Waals surface area contributed by atoms with Crippen molar-refractivity contribution in [2.75, 3.05) is 12.4 Å². The zero-order valence-corrected chi connectivity index (χ0v) is 10.8. The van der Waals surface area contributed by atoms with E-state index in [9.17, 15) is 0 Å². The van der Waals surface area contributed by atoms with Gasteiger partial charge in [0.05, 0.1) is 7.11 Å². The summed E-state index contributed by atoms with van der Waals surface area (Å²) in [6.45, 7) is 0. The minimum Gasteiger partial charge on any atom is -0.497 e. The first-order valence-electron chi connectivity index (χ1n) is 6.39. The lowest BCUT2D eigenvalue weighted by molar-refractivity contribution is 0.415. The summed E-state index contributed by atoms with van der Waals surface area (Å²) in [6, 6.07) is 12.2. The van der Waals surface area contributed by atoms with Gasteiger partial charge in [0.25, 0.3) is 0 Å². The van der Waals surface area contributed by atoms with Crippen LogP contribution in [0.3, 0.4) is 0 Å². The zero-order chi connectivity index (χ0) is 13.2. The molecule has 1 aliphatic carbocycles. The van der Waals surface area contributed by atoms with Gasteiger partial charge in [0, 0.05) is 29.9 Å². The number of anilines is 2. The summed E-state index contributed by atoms with van der Waals surface area (Å²) >= 11 is 0. The summed E-state index contributed by atoms with van der Waals surface area (Å²) in [5.74, 6) is 2.15. The molecule has 0 amide bonds. The predicted molar refractivity (Wildman–Crippen MR) is 75.8 cm³/mol. The molecule has 4 nitrogen and oxygen atoms in total. The number of ether oxygens (including phenoxy) is 1. The fraction of sp³-hybridized carbons (Fsp3) is 0.267. The summed E-state index contributed by atoms with van der Waals surface area (Å²) < 4.78 is 5.19. The Kier molecular flexibility index (Phi) is 3.09. The van der Waals surface area contributed by atoms with Crippen LogP contribution in [-0.2, 0) is 0 Å². The van der Waals surface area contributed by atoms with Gasteiger partial charge >= 0.3 is 0 Å². The van der Waals surface area contributed by atoms with Gasteiger partial charge < -0.3 is 15.8 Å². The van der Waals surface area contributed by atoms with Crippen LogP contribution in [-0.4, -0.2) is 18.1 Å². The normalized spacial score (nSPS) is 20.9. The number of benzene rings is 1. The van der Waals surface area contributed by atoms with Crippen LogP contribution >= 0.6 is 0 Å².